The highest BCUT2D eigenvalue weighted by Crippen LogP contribution is 2.36. The first-order valence-corrected chi connectivity index (χ1v) is 8.67. The Hall–Kier alpha value is -1.12. The van der Waals surface area contributed by atoms with Gasteiger partial charge in [0.2, 0.25) is 5.56 Å². The summed E-state index contributed by atoms with van der Waals surface area (Å²) in [5.74, 6) is 0. The maximum atomic E-state index is 11.8. The Balaban J connectivity index is 2.32. The fourth-order valence-electron chi connectivity index (χ4n) is 3.02. The monoisotopic (exact) mass is 355 g/mol. The molecule has 1 aliphatic rings. The first kappa shape index (κ1) is 19.2. The van der Waals surface area contributed by atoms with Crippen LogP contribution in [0.25, 0.3) is 0 Å². The molecule has 0 spiro atoms. The van der Waals surface area contributed by atoms with Crippen molar-refractivity contribution in [3.63, 3.8) is 0 Å². The Bertz CT molecular complexity index is 617. The first-order valence-electron chi connectivity index (χ1n) is 8.27. The van der Waals surface area contributed by atoms with Crippen LogP contribution in [0.1, 0.15) is 50.0 Å². The summed E-state index contributed by atoms with van der Waals surface area (Å²) in [4.78, 5) is 15.2. The van der Waals surface area contributed by atoms with Crippen molar-refractivity contribution in [1.29, 1.82) is 0 Å². The van der Waals surface area contributed by atoms with Crippen LogP contribution in [0.4, 0.5) is 0 Å². The molecular formula is C17H25NO5S. The molecule has 1 aliphatic heterocycles. The Kier molecular flexibility index (Phi) is 7.06. The highest BCUT2D eigenvalue weighted by Gasteiger charge is 2.45. The van der Waals surface area contributed by atoms with Crippen LogP contribution in [0.3, 0.4) is 0 Å². The van der Waals surface area contributed by atoms with Crippen molar-refractivity contribution in [2.45, 2.75) is 57.0 Å². The van der Waals surface area contributed by atoms with Crippen molar-refractivity contribution < 1.29 is 19.7 Å². The summed E-state index contributed by atoms with van der Waals surface area (Å²) >= 11 is 5.50. The van der Waals surface area contributed by atoms with Crippen LogP contribution < -0.4 is 5.56 Å². The predicted octanol–water partition coefficient (Wildman–Crippen LogP) is 1.48. The van der Waals surface area contributed by atoms with Crippen LogP contribution in [0.2, 0.25) is 0 Å². The lowest BCUT2D eigenvalue weighted by Gasteiger charge is -2.21. The Labute approximate surface area is 146 Å². The Morgan fingerprint density at radius 2 is 2.17 bits per heavy atom. The average Bonchev–Trinajstić information content (AvgIpc) is 2.90. The average molecular weight is 355 g/mol. The lowest BCUT2D eigenvalue weighted by molar-refractivity contribution is -0.0235. The summed E-state index contributed by atoms with van der Waals surface area (Å²) in [6, 6.07) is 3.06. The fourth-order valence-corrected chi connectivity index (χ4v) is 3.33. The van der Waals surface area contributed by atoms with E-state index in [4.69, 9.17) is 21.7 Å². The van der Waals surface area contributed by atoms with Crippen LogP contribution >= 0.6 is 12.2 Å². The number of hydrogen-bond donors (Lipinski definition) is 3. The molecule has 7 heteroatoms. The molecule has 2 rings (SSSR count). The normalized spacial score (nSPS) is 26.7. The molecule has 1 saturated heterocycles. The van der Waals surface area contributed by atoms with Gasteiger partial charge in [0.05, 0.1) is 12.3 Å². The second-order valence-electron chi connectivity index (χ2n) is 6.00. The van der Waals surface area contributed by atoms with Gasteiger partial charge in [0, 0.05) is 23.6 Å². The van der Waals surface area contributed by atoms with E-state index < -0.39 is 24.4 Å². The number of rotatable bonds is 8. The van der Waals surface area contributed by atoms with Crippen molar-refractivity contribution in [1.82, 2.24) is 4.98 Å². The van der Waals surface area contributed by atoms with Crippen molar-refractivity contribution >= 4 is 17.1 Å². The second kappa shape index (κ2) is 8.82. The fraction of sp³-hybridized carbons (Fsp3) is 0.647. The minimum Gasteiger partial charge on any atom is -0.394 e. The number of nitrogens with one attached hydrogen (secondary N) is 1. The van der Waals surface area contributed by atoms with E-state index >= 15 is 0 Å². The molecule has 3 N–H and O–H groups in total. The van der Waals surface area contributed by atoms with Gasteiger partial charge in [0.25, 0.3) is 0 Å². The summed E-state index contributed by atoms with van der Waals surface area (Å²) in [5.41, 5.74) is 1.00. The van der Waals surface area contributed by atoms with Gasteiger partial charge in [-0.1, -0.05) is 32.0 Å². The molecule has 1 fully saturated rings. The topological polar surface area (TPSA) is 91.8 Å². The van der Waals surface area contributed by atoms with Crippen LogP contribution in [0, 0.1) is 0 Å². The van der Waals surface area contributed by atoms with Gasteiger partial charge in [-0.25, -0.2) is 0 Å². The number of H-pyrrole nitrogens is 1. The zero-order chi connectivity index (χ0) is 17.7. The number of methoxy groups -OCH3 is 1. The van der Waals surface area contributed by atoms with Gasteiger partial charge in [-0.2, -0.15) is 0 Å². The van der Waals surface area contributed by atoms with Gasteiger partial charge in [0.1, 0.15) is 24.4 Å². The summed E-state index contributed by atoms with van der Waals surface area (Å²) in [6.45, 7) is 1.81. The zero-order valence-electron chi connectivity index (χ0n) is 14.0. The number of aliphatic hydroxyl groups is 2. The van der Waals surface area contributed by atoms with Gasteiger partial charge in [-0.15, -0.1) is 0 Å². The molecule has 0 saturated carbocycles. The standard InChI is InChI=1S/C17H25NO5S/c1-3-4-5-6-12(24)14-10(7-8-13(20)18-14)16-17(22-2)15(21)11(9-19)23-16/h7-8,11,15-17,19,21H,3-6,9H2,1-2H3,(H,18,20)/t11-,15-,16+,17-/m1/s1. The third-order valence-corrected chi connectivity index (χ3v) is 4.74. The van der Waals surface area contributed by atoms with Crippen molar-refractivity contribution in [2.75, 3.05) is 13.7 Å². The van der Waals surface area contributed by atoms with Crippen LogP contribution in [0.15, 0.2) is 16.9 Å². The number of hydrogen-bond acceptors (Lipinski definition) is 6. The number of aromatic nitrogens is 1. The Morgan fingerprint density at radius 1 is 1.42 bits per heavy atom. The van der Waals surface area contributed by atoms with Gasteiger partial charge >= 0.3 is 0 Å². The maximum absolute atomic E-state index is 11.8. The number of thiocarbonyl (C=S) groups is 1. The number of aromatic amines is 1. The van der Waals surface area contributed by atoms with E-state index in [0.29, 0.717) is 22.5 Å². The van der Waals surface area contributed by atoms with E-state index in [2.05, 4.69) is 11.9 Å². The van der Waals surface area contributed by atoms with Crippen molar-refractivity contribution in [3.05, 3.63) is 33.7 Å². The lowest BCUT2D eigenvalue weighted by Crippen LogP contribution is -2.34. The molecule has 134 valence electrons. The van der Waals surface area contributed by atoms with E-state index in [1.54, 1.807) is 6.07 Å². The van der Waals surface area contributed by atoms with Crippen LogP contribution in [-0.4, -0.2) is 52.1 Å². The van der Waals surface area contributed by atoms with Gasteiger partial charge in [-0.05, 0) is 18.9 Å². The van der Waals surface area contributed by atoms with Gasteiger partial charge in [0.15, 0.2) is 0 Å². The molecule has 2 heterocycles. The third-order valence-electron chi connectivity index (χ3n) is 4.33. The van der Waals surface area contributed by atoms with E-state index in [9.17, 15) is 15.0 Å². The third kappa shape index (κ3) is 4.10. The molecule has 0 unspecified atom stereocenters. The van der Waals surface area contributed by atoms with Crippen molar-refractivity contribution in [2.24, 2.45) is 0 Å². The maximum Gasteiger partial charge on any atom is 0.248 e. The van der Waals surface area contributed by atoms with Gasteiger partial charge in [-0.3, -0.25) is 4.79 Å². The summed E-state index contributed by atoms with van der Waals surface area (Å²) in [6.07, 6.45) is 0.899. The predicted molar refractivity (Wildman–Crippen MR) is 94.4 cm³/mol. The summed E-state index contributed by atoms with van der Waals surface area (Å²) in [5, 5.41) is 19.6. The number of ether oxygens (including phenoxy) is 2. The largest absolute Gasteiger partial charge is 0.394 e. The van der Waals surface area contributed by atoms with E-state index in [0.717, 1.165) is 19.3 Å². The van der Waals surface area contributed by atoms with E-state index in [-0.39, 0.29) is 12.2 Å². The minimum absolute atomic E-state index is 0.238. The zero-order valence-corrected chi connectivity index (χ0v) is 14.8. The molecule has 1 aromatic rings. The molecule has 0 bridgehead atoms. The number of pyridine rings is 1. The molecule has 0 amide bonds. The quantitative estimate of drug-likeness (QED) is 0.372. The molecule has 0 aromatic carbocycles. The van der Waals surface area contributed by atoms with Crippen LogP contribution in [-0.2, 0) is 9.47 Å². The highest BCUT2D eigenvalue weighted by molar-refractivity contribution is 7.80. The molecule has 1 aromatic heterocycles. The van der Waals surface area contributed by atoms with Crippen molar-refractivity contribution in [3.8, 4) is 0 Å². The Morgan fingerprint density at radius 3 is 2.79 bits per heavy atom. The molecular weight excluding hydrogens is 330 g/mol. The van der Waals surface area contributed by atoms with E-state index in [1.807, 2.05) is 0 Å². The SMILES string of the molecule is CCCCCC(=S)c1[nH]c(=O)ccc1[C@@H]1O[C@H](CO)[C@@H](O)[C@H]1OC. The molecule has 24 heavy (non-hydrogen) atoms. The van der Waals surface area contributed by atoms with Crippen LogP contribution in [0.5, 0.6) is 0 Å². The number of unbranched alkanes of at least 4 members (excludes halogenated alkanes) is 2. The molecule has 4 atom stereocenters. The molecule has 0 aliphatic carbocycles. The first-order chi connectivity index (χ1) is 11.5. The second-order valence-corrected chi connectivity index (χ2v) is 6.49. The smallest absolute Gasteiger partial charge is 0.248 e. The van der Waals surface area contributed by atoms with E-state index in [1.165, 1.54) is 13.2 Å². The molecule has 0 radical (unpaired) electrons. The minimum atomic E-state index is -0.946. The highest BCUT2D eigenvalue weighted by atomic mass is 32.1. The summed E-state index contributed by atoms with van der Waals surface area (Å²) < 4.78 is 11.1. The molecule has 6 nitrogen and oxygen atoms in total. The van der Waals surface area contributed by atoms with Gasteiger partial charge < -0.3 is 24.7 Å². The number of aliphatic hydroxyl groups excluding tert-OH is 2. The summed E-state index contributed by atoms with van der Waals surface area (Å²) in [7, 11) is 1.48. The lowest BCUT2D eigenvalue weighted by atomic mass is 9.97.